The Hall–Kier alpha value is -0.900. The maximum Gasteiger partial charge on any atom is 0.0725 e. The molecule has 1 aromatic carbocycles. The van der Waals surface area contributed by atoms with Crippen LogP contribution in [0.1, 0.15) is 43.5 Å². The second-order valence-electron chi connectivity index (χ2n) is 6.03. The van der Waals surface area contributed by atoms with Gasteiger partial charge in [0.2, 0.25) is 0 Å². The van der Waals surface area contributed by atoms with Crippen molar-refractivity contribution < 1.29 is 9.47 Å². The van der Waals surface area contributed by atoms with Gasteiger partial charge >= 0.3 is 0 Å². The number of benzene rings is 1. The van der Waals surface area contributed by atoms with Crippen molar-refractivity contribution in [3.63, 3.8) is 0 Å². The minimum absolute atomic E-state index is 0.0425. The Balaban J connectivity index is 1.85. The standard InChI is InChI=1S/C16H23NO2/c1-9-10(2)19-11(3)15(9)16(17)12-4-5-13-7-18-8-14(13)6-12/h4-6,9-11,15-16H,7-8,17H2,1-3H3. The summed E-state index contributed by atoms with van der Waals surface area (Å²) in [4.78, 5) is 0. The number of hydrogen-bond acceptors (Lipinski definition) is 3. The highest BCUT2D eigenvalue weighted by molar-refractivity contribution is 5.35. The summed E-state index contributed by atoms with van der Waals surface area (Å²) in [6, 6.07) is 6.57. The van der Waals surface area contributed by atoms with Gasteiger partial charge in [0, 0.05) is 12.0 Å². The molecule has 2 aliphatic heterocycles. The number of fused-ring (bicyclic) bond motifs is 1. The first-order valence-corrected chi connectivity index (χ1v) is 7.18. The molecule has 5 unspecified atom stereocenters. The van der Waals surface area contributed by atoms with Crippen LogP contribution in [-0.2, 0) is 22.7 Å². The van der Waals surface area contributed by atoms with E-state index in [2.05, 4.69) is 39.0 Å². The number of ether oxygens (including phenoxy) is 2. The minimum Gasteiger partial charge on any atom is -0.375 e. The average molecular weight is 261 g/mol. The lowest BCUT2D eigenvalue weighted by molar-refractivity contribution is 0.0489. The number of nitrogens with two attached hydrogens (primary N) is 1. The second kappa shape index (κ2) is 4.89. The van der Waals surface area contributed by atoms with Crippen LogP contribution < -0.4 is 5.73 Å². The molecule has 0 radical (unpaired) electrons. The molecule has 1 fully saturated rings. The van der Waals surface area contributed by atoms with E-state index >= 15 is 0 Å². The lowest BCUT2D eigenvalue weighted by Crippen LogP contribution is -2.30. The molecule has 104 valence electrons. The predicted molar refractivity (Wildman–Crippen MR) is 74.5 cm³/mol. The highest BCUT2D eigenvalue weighted by Gasteiger charge is 2.40. The fourth-order valence-corrected chi connectivity index (χ4v) is 3.53. The lowest BCUT2D eigenvalue weighted by Gasteiger charge is -2.26. The van der Waals surface area contributed by atoms with Gasteiger partial charge in [-0.15, -0.1) is 0 Å². The van der Waals surface area contributed by atoms with E-state index in [1.807, 2.05) is 0 Å². The zero-order valence-corrected chi connectivity index (χ0v) is 11.9. The summed E-state index contributed by atoms with van der Waals surface area (Å²) in [6.07, 6.45) is 0.522. The molecule has 2 N–H and O–H groups in total. The van der Waals surface area contributed by atoms with Crippen LogP contribution in [0.3, 0.4) is 0 Å². The van der Waals surface area contributed by atoms with E-state index in [4.69, 9.17) is 15.2 Å². The van der Waals surface area contributed by atoms with Gasteiger partial charge in [-0.2, -0.15) is 0 Å². The topological polar surface area (TPSA) is 44.5 Å². The molecular weight excluding hydrogens is 238 g/mol. The fraction of sp³-hybridized carbons (Fsp3) is 0.625. The maximum absolute atomic E-state index is 6.52. The summed E-state index contributed by atoms with van der Waals surface area (Å²) in [7, 11) is 0. The van der Waals surface area contributed by atoms with Crippen molar-refractivity contribution in [2.45, 2.75) is 52.2 Å². The molecule has 0 spiro atoms. The quantitative estimate of drug-likeness (QED) is 0.890. The monoisotopic (exact) mass is 261 g/mol. The van der Waals surface area contributed by atoms with E-state index in [1.165, 1.54) is 16.7 Å². The lowest BCUT2D eigenvalue weighted by atomic mass is 9.80. The molecular formula is C16H23NO2. The molecule has 5 atom stereocenters. The van der Waals surface area contributed by atoms with Crippen molar-refractivity contribution in [2.24, 2.45) is 17.6 Å². The highest BCUT2D eigenvalue weighted by atomic mass is 16.5. The van der Waals surface area contributed by atoms with Gasteiger partial charge in [0.15, 0.2) is 0 Å². The molecule has 3 heteroatoms. The molecule has 1 saturated heterocycles. The van der Waals surface area contributed by atoms with Crippen LogP contribution in [0.15, 0.2) is 18.2 Å². The Morgan fingerprint density at radius 3 is 2.53 bits per heavy atom. The highest BCUT2D eigenvalue weighted by Crippen LogP contribution is 2.40. The molecule has 2 heterocycles. The Morgan fingerprint density at radius 2 is 1.84 bits per heavy atom. The summed E-state index contributed by atoms with van der Waals surface area (Å²) in [5.74, 6) is 0.880. The molecule has 2 aliphatic rings. The van der Waals surface area contributed by atoms with E-state index in [-0.39, 0.29) is 12.1 Å². The van der Waals surface area contributed by atoms with E-state index < -0.39 is 0 Å². The Labute approximate surface area is 115 Å². The molecule has 0 bridgehead atoms. The van der Waals surface area contributed by atoms with Crippen molar-refractivity contribution in [3.05, 3.63) is 34.9 Å². The summed E-state index contributed by atoms with van der Waals surface area (Å²) in [5.41, 5.74) is 10.3. The Bertz CT molecular complexity index is 474. The molecule has 0 amide bonds. The normalized spacial score (nSPS) is 35.4. The van der Waals surface area contributed by atoms with Crippen LogP contribution in [0.25, 0.3) is 0 Å². The third-order valence-corrected chi connectivity index (χ3v) is 4.86. The third kappa shape index (κ3) is 2.20. The number of hydrogen-bond donors (Lipinski definition) is 1. The van der Waals surface area contributed by atoms with Gasteiger partial charge in [-0.05, 0) is 36.5 Å². The predicted octanol–water partition coefficient (Wildman–Crippen LogP) is 2.78. The number of rotatable bonds is 2. The van der Waals surface area contributed by atoms with Gasteiger partial charge in [-0.25, -0.2) is 0 Å². The first kappa shape index (κ1) is 13.1. The first-order chi connectivity index (χ1) is 9.08. The molecule has 19 heavy (non-hydrogen) atoms. The molecule has 0 saturated carbocycles. The van der Waals surface area contributed by atoms with Crippen molar-refractivity contribution >= 4 is 0 Å². The smallest absolute Gasteiger partial charge is 0.0725 e. The largest absolute Gasteiger partial charge is 0.375 e. The van der Waals surface area contributed by atoms with Gasteiger partial charge in [0.25, 0.3) is 0 Å². The molecule has 3 rings (SSSR count). The summed E-state index contributed by atoms with van der Waals surface area (Å²) >= 11 is 0. The molecule has 1 aromatic rings. The average Bonchev–Trinajstić information content (AvgIpc) is 2.94. The summed E-state index contributed by atoms with van der Waals surface area (Å²) < 4.78 is 11.4. The van der Waals surface area contributed by atoms with E-state index in [0.717, 1.165) is 13.2 Å². The van der Waals surface area contributed by atoms with Gasteiger partial charge in [-0.1, -0.05) is 25.1 Å². The van der Waals surface area contributed by atoms with Gasteiger partial charge in [0.05, 0.1) is 25.4 Å². The van der Waals surface area contributed by atoms with Crippen LogP contribution in [-0.4, -0.2) is 12.2 Å². The van der Waals surface area contributed by atoms with Gasteiger partial charge in [-0.3, -0.25) is 0 Å². The van der Waals surface area contributed by atoms with Crippen molar-refractivity contribution in [1.29, 1.82) is 0 Å². The zero-order chi connectivity index (χ0) is 13.6. The van der Waals surface area contributed by atoms with E-state index in [1.54, 1.807) is 0 Å². The van der Waals surface area contributed by atoms with Crippen LogP contribution in [0.2, 0.25) is 0 Å². The third-order valence-electron chi connectivity index (χ3n) is 4.86. The van der Waals surface area contributed by atoms with Crippen LogP contribution in [0, 0.1) is 11.8 Å². The van der Waals surface area contributed by atoms with Crippen molar-refractivity contribution in [3.8, 4) is 0 Å². The van der Waals surface area contributed by atoms with E-state index in [9.17, 15) is 0 Å². The van der Waals surface area contributed by atoms with Crippen molar-refractivity contribution in [2.75, 3.05) is 0 Å². The molecule has 0 aliphatic carbocycles. The maximum atomic E-state index is 6.52. The SMILES string of the molecule is CC1OC(C)C(C(N)c2ccc3c(c2)COC3)C1C. The summed E-state index contributed by atoms with van der Waals surface area (Å²) in [5, 5.41) is 0. The van der Waals surface area contributed by atoms with E-state index in [0.29, 0.717) is 17.9 Å². The van der Waals surface area contributed by atoms with Crippen molar-refractivity contribution in [1.82, 2.24) is 0 Å². The molecule has 0 aromatic heterocycles. The van der Waals surface area contributed by atoms with Crippen LogP contribution >= 0.6 is 0 Å². The molecule has 3 nitrogen and oxygen atoms in total. The Kier molecular flexibility index (Phi) is 3.37. The fourth-order valence-electron chi connectivity index (χ4n) is 3.53. The first-order valence-electron chi connectivity index (χ1n) is 7.18. The van der Waals surface area contributed by atoms with Gasteiger partial charge in [0.1, 0.15) is 0 Å². The van der Waals surface area contributed by atoms with Crippen LogP contribution in [0.5, 0.6) is 0 Å². The minimum atomic E-state index is 0.0425. The summed E-state index contributed by atoms with van der Waals surface area (Å²) in [6.45, 7) is 7.99. The zero-order valence-electron chi connectivity index (χ0n) is 11.9. The Morgan fingerprint density at radius 1 is 1.11 bits per heavy atom. The second-order valence-corrected chi connectivity index (χ2v) is 6.03. The van der Waals surface area contributed by atoms with Gasteiger partial charge < -0.3 is 15.2 Å². The van der Waals surface area contributed by atoms with Crippen LogP contribution in [0.4, 0.5) is 0 Å².